The number of piperidine rings is 1. The standard InChI is InChI=1S/C18H22ClN3O5S2/c1-2-27-15-9-8-14(21-28(23,24)16-7-6-10-20-18(16)19)13-17(15)29(25,26)22-11-4-3-5-12-22/h6-10,13,21H,2-5,11-12H2,1H3. The topological polar surface area (TPSA) is 106 Å². The Morgan fingerprint density at radius 3 is 2.48 bits per heavy atom. The molecule has 1 saturated heterocycles. The fourth-order valence-electron chi connectivity index (χ4n) is 3.07. The molecular formula is C18H22ClN3O5S2. The maximum atomic E-state index is 13.2. The van der Waals surface area contributed by atoms with Crippen LogP contribution in [-0.2, 0) is 20.0 Å². The van der Waals surface area contributed by atoms with Gasteiger partial charge in [-0.3, -0.25) is 4.72 Å². The maximum Gasteiger partial charge on any atom is 0.264 e. The Morgan fingerprint density at radius 2 is 1.83 bits per heavy atom. The van der Waals surface area contributed by atoms with Gasteiger partial charge in [0.2, 0.25) is 10.0 Å². The summed E-state index contributed by atoms with van der Waals surface area (Å²) in [5.41, 5.74) is 0.0870. The molecule has 1 N–H and O–H groups in total. The summed E-state index contributed by atoms with van der Waals surface area (Å²) in [4.78, 5) is 3.50. The largest absolute Gasteiger partial charge is 0.492 e. The fraction of sp³-hybridized carbons (Fsp3) is 0.389. The number of sulfonamides is 2. The highest BCUT2D eigenvalue weighted by Crippen LogP contribution is 2.32. The smallest absolute Gasteiger partial charge is 0.264 e. The molecule has 0 spiro atoms. The second-order valence-corrected chi connectivity index (χ2v) is 10.4. The quantitative estimate of drug-likeness (QED) is 0.637. The summed E-state index contributed by atoms with van der Waals surface area (Å²) < 4.78 is 60.9. The minimum atomic E-state index is -4.05. The molecule has 0 radical (unpaired) electrons. The number of nitrogens with zero attached hydrogens (tertiary/aromatic N) is 2. The summed E-state index contributed by atoms with van der Waals surface area (Å²) in [6, 6.07) is 6.93. The van der Waals surface area contributed by atoms with E-state index in [2.05, 4.69) is 9.71 Å². The first-order valence-corrected chi connectivity index (χ1v) is 12.5. The predicted molar refractivity (Wildman–Crippen MR) is 110 cm³/mol. The Labute approximate surface area is 176 Å². The molecule has 1 fully saturated rings. The van der Waals surface area contributed by atoms with E-state index in [9.17, 15) is 16.8 Å². The Hall–Kier alpha value is -1.88. The van der Waals surface area contributed by atoms with E-state index in [1.165, 1.54) is 40.8 Å². The van der Waals surface area contributed by atoms with Crippen molar-refractivity contribution in [1.82, 2.24) is 9.29 Å². The fourth-order valence-corrected chi connectivity index (χ4v) is 6.25. The molecule has 29 heavy (non-hydrogen) atoms. The zero-order valence-electron chi connectivity index (χ0n) is 15.8. The van der Waals surface area contributed by atoms with Gasteiger partial charge in [-0.2, -0.15) is 4.31 Å². The summed E-state index contributed by atoms with van der Waals surface area (Å²) in [5.74, 6) is 0.181. The van der Waals surface area contributed by atoms with E-state index in [4.69, 9.17) is 16.3 Å². The molecule has 8 nitrogen and oxygen atoms in total. The molecule has 0 unspecified atom stereocenters. The molecule has 3 rings (SSSR count). The van der Waals surface area contributed by atoms with E-state index in [1.54, 1.807) is 6.92 Å². The van der Waals surface area contributed by atoms with Gasteiger partial charge >= 0.3 is 0 Å². The number of ether oxygens (including phenoxy) is 1. The van der Waals surface area contributed by atoms with E-state index in [0.717, 1.165) is 19.3 Å². The van der Waals surface area contributed by atoms with Crippen molar-refractivity contribution in [3.05, 3.63) is 41.7 Å². The zero-order chi connectivity index (χ0) is 21.1. The highest BCUT2D eigenvalue weighted by molar-refractivity contribution is 7.92. The van der Waals surface area contributed by atoms with Gasteiger partial charge in [0.25, 0.3) is 10.0 Å². The molecule has 0 saturated carbocycles. The first-order valence-electron chi connectivity index (χ1n) is 9.16. The number of benzene rings is 1. The molecule has 0 aliphatic carbocycles. The zero-order valence-corrected chi connectivity index (χ0v) is 18.2. The van der Waals surface area contributed by atoms with Gasteiger partial charge in [0.15, 0.2) is 0 Å². The van der Waals surface area contributed by atoms with Crippen LogP contribution in [0.3, 0.4) is 0 Å². The maximum absolute atomic E-state index is 13.2. The third kappa shape index (κ3) is 4.82. The van der Waals surface area contributed by atoms with Crippen molar-refractivity contribution in [2.24, 2.45) is 0 Å². The second-order valence-electron chi connectivity index (χ2n) is 6.46. The van der Waals surface area contributed by atoms with E-state index in [1.807, 2.05) is 0 Å². The van der Waals surface area contributed by atoms with Gasteiger partial charge in [-0.25, -0.2) is 21.8 Å². The molecule has 1 aromatic heterocycles. The molecule has 0 amide bonds. The van der Waals surface area contributed by atoms with Crippen molar-refractivity contribution in [3.63, 3.8) is 0 Å². The lowest BCUT2D eigenvalue weighted by molar-refractivity contribution is 0.323. The van der Waals surface area contributed by atoms with Crippen LogP contribution in [0, 0.1) is 0 Å². The molecule has 1 aliphatic heterocycles. The number of rotatable bonds is 7. The number of hydrogen-bond donors (Lipinski definition) is 1. The van der Waals surface area contributed by atoms with Crippen molar-refractivity contribution < 1.29 is 21.6 Å². The third-order valence-corrected chi connectivity index (χ3v) is 8.19. The van der Waals surface area contributed by atoms with Crippen molar-refractivity contribution in [2.75, 3.05) is 24.4 Å². The van der Waals surface area contributed by atoms with Crippen LogP contribution in [0.5, 0.6) is 5.75 Å². The lowest BCUT2D eigenvalue weighted by atomic mass is 10.2. The van der Waals surface area contributed by atoms with Crippen LogP contribution in [0.25, 0.3) is 0 Å². The lowest BCUT2D eigenvalue weighted by Gasteiger charge is -2.27. The van der Waals surface area contributed by atoms with Gasteiger partial charge in [0.05, 0.1) is 12.3 Å². The molecule has 1 aromatic carbocycles. The van der Waals surface area contributed by atoms with Crippen molar-refractivity contribution in [2.45, 2.75) is 36.0 Å². The second kappa shape index (κ2) is 8.86. The highest BCUT2D eigenvalue weighted by atomic mass is 35.5. The molecular weight excluding hydrogens is 438 g/mol. The number of pyridine rings is 1. The van der Waals surface area contributed by atoms with Gasteiger partial charge in [-0.15, -0.1) is 0 Å². The Morgan fingerprint density at radius 1 is 1.10 bits per heavy atom. The van der Waals surface area contributed by atoms with Gasteiger partial charge < -0.3 is 4.74 Å². The van der Waals surface area contributed by atoms with Gasteiger partial charge in [-0.1, -0.05) is 18.0 Å². The number of halogens is 1. The Balaban J connectivity index is 2.00. The normalized spacial score (nSPS) is 15.8. The number of aromatic nitrogens is 1. The Bertz CT molecular complexity index is 1080. The summed E-state index contributed by atoms with van der Waals surface area (Å²) in [7, 11) is -7.88. The molecule has 2 aromatic rings. The minimum absolute atomic E-state index is 0.0706. The van der Waals surface area contributed by atoms with E-state index in [0.29, 0.717) is 13.1 Å². The summed E-state index contributed by atoms with van der Waals surface area (Å²) in [6.45, 7) is 2.88. The van der Waals surface area contributed by atoms with Crippen molar-refractivity contribution >= 4 is 37.3 Å². The molecule has 1 aliphatic rings. The summed E-state index contributed by atoms with van der Waals surface area (Å²) >= 11 is 5.89. The molecule has 158 valence electrons. The third-order valence-electron chi connectivity index (χ3n) is 4.44. The number of anilines is 1. The van der Waals surface area contributed by atoms with E-state index >= 15 is 0 Å². The minimum Gasteiger partial charge on any atom is -0.492 e. The summed E-state index contributed by atoms with van der Waals surface area (Å²) in [5, 5.41) is -0.174. The van der Waals surface area contributed by atoms with Crippen LogP contribution < -0.4 is 9.46 Å². The molecule has 0 bridgehead atoms. The van der Waals surface area contributed by atoms with Crippen molar-refractivity contribution in [3.8, 4) is 5.75 Å². The van der Waals surface area contributed by atoms with Crippen LogP contribution >= 0.6 is 11.6 Å². The van der Waals surface area contributed by atoms with E-state index in [-0.39, 0.29) is 33.0 Å². The number of hydrogen-bond acceptors (Lipinski definition) is 6. The molecule has 0 atom stereocenters. The summed E-state index contributed by atoms with van der Waals surface area (Å²) in [6.07, 6.45) is 3.93. The first-order chi connectivity index (χ1) is 13.8. The number of nitrogens with one attached hydrogen (secondary N) is 1. The monoisotopic (exact) mass is 459 g/mol. The van der Waals surface area contributed by atoms with Crippen LogP contribution in [-0.4, -0.2) is 45.8 Å². The lowest BCUT2D eigenvalue weighted by Crippen LogP contribution is -2.35. The van der Waals surface area contributed by atoms with Crippen LogP contribution in [0.4, 0.5) is 5.69 Å². The van der Waals surface area contributed by atoms with Crippen LogP contribution in [0.15, 0.2) is 46.3 Å². The van der Waals surface area contributed by atoms with E-state index < -0.39 is 20.0 Å². The van der Waals surface area contributed by atoms with Crippen LogP contribution in [0.1, 0.15) is 26.2 Å². The Kier molecular flexibility index (Phi) is 6.67. The highest BCUT2D eigenvalue weighted by Gasteiger charge is 2.30. The van der Waals surface area contributed by atoms with Gasteiger partial charge in [-0.05, 0) is 50.1 Å². The van der Waals surface area contributed by atoms with Gasteiger partial charge in [0.1, 0.15) is 20.7 Å². The average Bonchev–Trinajstić information content (AvgIpc) is 2.70. The van der Waals surface area contributed by atoms with Crippen LogP contribution in [0.2, 0.25) is 5.15 Å². The van der Waals surface area contributed by atoms with Gasteiger partial charge in [0, 0.05) is 19.3 Å². The molecule has 11 heteroatoms. The average molecular weight is 460 g/mol. The van der Waals surface area contributed by atoms with Crippen molar-refractivity contribution in [1.29, 1.82) is 0 Å². The first kappa shape index (κ1) is 21.8. The molecule has 2 heterocycles. The SMILES string of the molecule is CCOc1ccc(NS(=O)(=O)c2cccnc2Cl)cc1S(=O)(=O)N1CCCCC1. The predicted octanol–water partition coefficient (Wildman–Crippen LogP) is 3.11.